The van der Waals surface area contributed by atoms with Gasteiger partial charge in [-0.25, -0.2) is 9.59 Å². The molecule has 14 heteroatoms. The molecule has 14 nitrogen and oxygen atoms in total. The van der Waals surface area contributed by atoms with Crippen LogP contribution in [0.2, 0.25) is 0 Å². The first-order chi connectivity index (χ1) is 24.6. The van der Waals surface area contributed by atoms with Crippen LogP contribution in [0.3, 0.4) is 0 Å². The number of hydrogen-bond acceptors (Lipinski definition) is 10. The van der Waals surface area contributed by atoms with Crippen LogP contribution in [0, 0.1) is 0 Å². The Balaban J connectivity index is 2.12. The second-order valence-corrected chi connectivity index (χ2v) is 16.2. The number of carbonyl (C=O) groups is 5. The third-order valence-corrected chi connectivity index (χ3v) is 7.81. The standard InChI is InChI=1S/C39H63N5O9/c1-11-23-50-35(48)29(24-26-17-19-27(20-18-26)52-38(5,6)7)42-32(45)30(25-51-37(2,3)4)43-33(46)31-16-14-22-44(31)34(47)28(40)15-12-13-21-41-36(49)53-39(8,9)10/h11,17-20,28-31H,1,12-16,21-25,40H2,2-10H3,(H,41,49)(H,42,45)(H,43,46)/t28-,29-,30-,31-/m0/s1. The summed E-state index contributed by atoms with van der Waals surface area (Å²) in [4.78, 5) is 67.4. The fourth-order valence-corrected chi connectivity index (χ4v) is 5.41. The summed E-state index contributed by atoms with van der Waals surface area (Å²) in [6.45, 7) is 20.7. The number of esters is 1. The Labute approximate surface area is 315 Å². The number of unbranched alkanes of at least 4 members (excludes halogenated alkanes) is 1. The van der Waals surface area contributed by atoms with Gasteiger partial charge in [0.15, 0.2) is 0 Å². The largest absolute Gasteiger partial charge is 0.488 e. The van der Waals surface area contributed by atoms with Crippen LogP contribution in [0.1, 0.15) is 100.0 Å². The van der Waals surface area contributed by atoms with Crippen LogP contribution in [0.15, 0.2) is 36.9 Å². The maximum atomic E-state index is 13.8. The lowest BCUT2D eigenvalue weighted by molar-refractivity contribution is -0.147. The highest BCUT2D eigenvalue weighted by atomic mass is 16.6. The van der Waals surface area contributed by atoms with Gasteiger partial charge in [0.1, 0.15) is 41.7 Å². The average Bonchev–Trinajstić information content (AvgIpc) is 3.53. The third kappa shape index (κ3) is 17.5. The first kappa shape index (κ1) is 45.0. The van der Waals surface area contributed by atoms with Crippen molar-refractivity contribution in [3.8, 4) is 5.75 Å². The maximum Gasteiger partial charge on any atom is 0.407 e. The Morgan fingerprint density at radius 2 is 1.58 bits per heavy atom. The van der Waals surface area contributed by atoms with Crippen molar-refractivity contribution in [3.05, 3.63) is 42.5 Å². The van der Waals surface area contributed by atoms with Gasteiger partial charge in [0.05, 0.1) is 18.2 Å². The van der Waals surface area contributed by atoms with Crippen molar-refractivity contribution < 1.29 is 42.9 Å². The number of nitrogens with two attached hydrogens (primary N) is 1. The number of nitrogens with zero attached hydrogens (tertiary/aromatic N) is 1. The molecule has 0 spiro atoms. The molecule has 53 heavy (non-hydrogen) atoms. The highest BCUT2D eigenvalue weighted by Gasteiger charge is 2.38. The van der Waals surface area contributed by atoms with E-state index in [0.717, 1.165) is 5.56 Å². The van der Waals surface area contributed by atoms with Crippen molar-refractivity contribution in [2.24, 2.45) is 5.73 Å². The molecule has 1 aromatic carbocycles. The topological polar surface area (TPSA) is 188 Å². The minimum Gasteiger partial charge on any atom is -0.488 e. The van der Waals surface area contributed by atoms with Crippen molar-refractivity contribution >= 4 is 29.8 Å². The zero-order chi connectivity index (χ0) is 40.0. The van der Waals surface area contributed by atoms with E-state index in [-0.39, 0.29) is 31.1 Å². The molecule has 298 valence electrons. The molecule has 1 aliphatic heterocycles. The number of benzene rings is 1. The number of likely N-dealkylation sites (tertiary alicyclic amines) is 1. The summed E-state index contributed by atoms with van der Waals surface area (Å²) in [5, 5.41) is 8.22. The average molecular weight is 746 g/mol. The smallest absolute Gasteiger partial charge is 0.407 e. The fraction of sp³-hybridized carbons (Fsp3) is 0.667. The van der Waals surface area contributed by atoms with Crippen LogP contribution in [-0.2, 0) is 39.8 Å². The van der Waals surface area contributed by atoms with Crippen molar-refractivity contribution in [2.45, 2.75) is 142 Å². The van der Waals surface area contributed by atoms with E-state index in [2.05, 4.69) is 22.5 Å². The van der Waals surface area contributed by atoms with E-state index in [1.165, 1.54) is 11.0 Å². The number of nitrogens with one attached hydrogen (secondary N) is 3. The van der Waals surface area contributed by atoms with Crippen LogP contribution in [0.25, 0.3) is 0 Å². The van der Waals surface area contributed by atoms with Gasteiger partial charge >= 0.3 is 12.1 Å². The lowest BCUT2D eigenvalue weighted by Gasteiger charge is -2.30. The number of ether oxygens (including phenoxy) is 4. The van der Waals surface area contributed by atoms with Crippen LogP contribution in [-0.4, -0.2) is 102 Å². The summed E-state index contributed by atoms with van der Waals surface area (Å²) in [6.07, 6.45) is 3.53. The molecule has 0 bridgehead atoms. The molecule has 2 rings (SSSR count). The quantitative estimate of drug-likeness (QED) is 0.0975. The molecule has 1 aromatic rings. The SMILES string of the molecule is C=CCOC(=O)[C@H](Cc1ccc(OC(C)(C)C)cc1)NC(=O)[C@H](COC(C)(C)C)NC(=O)[C@@H]1CCCN1C(=O)[C@@H](N)CCCCNC(=O)OC(C)(C)C. The Bertz CT molecular complexity index is 1380. The number of hydrogen-bond donors (Lipinski definition) is 4. The zero-order valence-corrected chi connectivity index (χ0v) is 33.2. The Morgan fingerprint density at radius 3 is 2.17 bits per heavy atom. The second-order valence-electron chi connectivity index (χ2n) is 16.2. The molecule has 0 aliphatic carbocycles. The Hall–Kier alpha value is -4.17. The number of amides is 4. The molecule has 5 N–H and O–H groups in total. The monoisotopic (exact) mass is 745 g/mol. The third-order valence-electron chi connectivity index (χ3n) is 7.81. The summed E-state index contributed by atoms with van der Waals surface area (Å²) >= 11 is 0. The summed E-state index contributed by atoms with van der Waals surface area (Å²) < 4.78 is 22.4. The molecular formula is C39H63N5O9. The highest BCUT2D eigenvalue weighted by Crippen LogP contribution is 2.21. The van der Waals surface area contributed by atoms with Gasteiger partial charge in [0.2, 0.25) is 17.7 Å². The molecule has 1 fully saturated rings. The summed E-state index contributed by atoms with van der Waals surface area (Å²) in [5.41, 5.74) is 5.38. The molecule has 4 amide bonds. The first-order valence-electron chi connectivity index (χ1n) is 18.4. The zero-order valence-electron chi connectivity index (χ0n) is 33.2. The number of carbonyl (C=O) groups excluding carboxylic acids is 5. The van der Waals surface area contributed by atoms with Gasteiger partial charge in [-0.15, -0.1) is 0 Å². The van der Waals surface area contributed by atoms with Crippen LogP contribution >= 0.6 is 0 Å². The summed E-state index contributed by atoms with van der Waals surface area (Å²) in [7, 11) is 0. The van der Waals surface area contributed by atoms with Gasteiger partial charge in [-0.1, -0.05) is 24.8 Å². The van der Waals surface area contributed by atoms with Crippen molar-refractivity contribution in [2.75, 3.05) is 26.3 Å². The van der Waals surface area contributed by atoms with Gasteiger partial charge in [0, 0.05) is 19.5 Å². The van der Waals surface area contributed by atoms with E-state index < -0.39 is 59.2 Å². The fourth-order valence-electron chi connectivity index (χ4n) is 5.41. The molecule has 0 radical (unpaired) electrons. The molecule has 0 unspecified atom stereocenters. The van der Waals surface area contributed by atoms with E-state index in [9.17, 15) is 24.0 Å². The van der Waals surface area contributed by atoms with Crippen molar-refractivity contribution in [1.82, 2.24) is 20.9 Å². The molecule has 1 heterocycles. The number of rotatable bonds is 18. The first-order valence-corrected chi connectivity index (χ1v) is 18.4. The van der Waals surface area contributed by atoms with Crippen LogP contribution in [0.5, 0.6) is 5.75 Å². The van der Waals surface area contributed by atoms with E-state index in [1.807, 2.05) is 41.5 Å². The second kappa shape index (κ2) is 20.3. The predicted molar refractivity (Wildman–Crippen MR) is 202 cm³/mol. The minimum absolute atomic E-state index is 0.0481. The lowest BCUT2D eigenvalue weighted by Crippen LogP contribution is -2.58. The molecular weight excluding hydrogens is 682 g/mol. The van der Waals surface area contributed by atoms with Gasteiger partial charge in [-0.05, 0) is 112 Å². The minimum atomic E-state index is -1.19. The number of alkyl carbamates (subject to hydrolysis) is 1. The van der Waals surface area contributed by atoms with Gasteiger partial charge in [-0.3, -0.25) is 14.4 Å². The van der Waals surface area contributed by atoms with E-state index in [4.69, 9.17) is 24.7 Å². The Morgan fingerprint density at radius 1 is 0.925 bits per heavy atom. The molecule has 0 saturated carbocycles. The Kier molecular flexibility index (Phi) is 17.3. The summed E-state index contributed by atoms with van der Waals surface area (Å²) in [5.74, 6) is -1.55. The molecule has 1 saturated heterocycles. The van der Waals surface area contributed by atoms with Crippen LogP contribution < -0.4 is 26.4 Å². The van der Waals surface area contributed by atoms with Gasteiger partial charge < -0.3 is 45.5 Å². The van der Waals surface area contributed by atoms with E-state index in [1.54, 1.807) is 45.0 Å². The normalized spacial score (nSPS) is 16.5. The van der Waals surface area contributed by atoms with E-state index >= 15 is 0 Å². The van der Waals surface area contributed by atoms with Gasteiger partial charge in [-0.2, -0.15) is 0 Å². The predicted octanol–water partition coefficient (Wildman–Crippen LogP) is 3.93. The van der Waals surface area contributed by atoms with Crippen molar-refractivity contribution in [3.63, 3.8) is 0 Å². The maximum absolute atomic E-state index is 13.8. The van der Waals surface area contributed by atoms with Gasteiger partial charge in [0.25, 0.3) is 0 Å². The lowest BCUT2D eigenvalue weighted by atomic mass is 10.0. The molecule has 0 aromatic heterocycles. The molecule has 4 atom stereocenters. The van der Waals surface area contributed by atoms with Crippen LogP contribution in [0.4, 0.5) is 4.79 Å². The highest BCUT2D eigenvalue weighted by molar-refractivity contribution is 5.94. The van der Waals surface area contributed by atoms with Crippen molar-refractivity contribution in [1.29, 1.82) is 0 Å². The van der Waals surface area contributed by atoms with E-state index in [0.29, 0.717) is 50.9 Å². The molecule has 1 aliphatic rings. The summed E-state index contributed by atoms with van der Waals surface area (Å²) in [6, 6.07) is 3.23.